The van der Waals surface area contributed by atoms with E-state index < -0.39 is 0 Å². The zero-order chi connectivity index (χ0) is 26.2. The zero-order valence-corrected chi connectivity index (χ0v) is 25.9. The first-order valence-corrected chi connectivity index (χ1v) is 17.5. The lowest BCUT2D eigenvalue weighted by Crippen LogP contribution is -1.95. The summed E-state index contributed by atoms with van der Waals surface area (Å²) in [4.78, 5) is 0. The first kappa shape index (κ1) is 35.7. The van der Waals surface area contributed by atoms with Crippen molar-refractivity contribution in [1.82, 2.24) is 0 Å². The number of rotatable bonds is 31. The van der Waals surface area contributed by atoms with E-state index in [1.54, 1.807) is 0 Å². The summed E-state index contributed by atoms with van der Waals surface area (Å²) in [6.45, 7) is 7.10. The van der Waals surface area contributed by atoms with Gasteiger partial charge in [0.1, 0.15) is 0 Å². The van der Waals surface area contributed by atoms with Gasteiger partial charge in [0.2, 0.25) is 0 Å². The highest BCUT2D eigenvalue weighted by Gasteiger charge is 2.02. The van der Waals surface area contributed by atoms with Crippen LogP contribution in [0.25, 0.3) is 0 Å². The Labute approximate surface area is 231 Å². The molecule has 0 nitrogen and oxygen atoms in total. The van der Waals surface area contributed by atoms with Crippen LogP contribution in [0.1, 0.15) is 213 Å². The molecule has 216 valence electrons. The molecule has 0 aliphatic carbocycles. The van der Waals surface area contributed by atoms with Crippen LogP contribution in [-0.4, -0.2) is 0 Å². The molecule has 0 saturated heterocycles. The number of hydrogen-bond acceptors (Lipinski definition) is 0. The number of unbranched alkanes of at least 4 members (excludes halogenated alkanes) is 25. The van der Waals surface area contributed by atoms with Gasteiger partial charge >= 0.3 is 0 Å². The van der Waals surface area contributed by atoms with E-state index in [4.69, 9.17) is 0 Å². The summed E-state index contributed by atoms with van der Waals surface area (Å²) < 4.78 is 0. The molecule has 0 heterocycles. The minimum atomic E-state index is 0.961. The summed E-state index contributed by atoms with van der Waals surface area (Å²) in [7, 11) is 0. The zero-order valence-electron chi connectivity index (χ0n) is 25.9. The van der Waals surface area contributed by atoms with Crippen molar-refractivity contribution in [2.45, 2.75) is 213 Å². The summed E-state index contributed by atoms with van der Waals surface area (Å²) in [5, 5.41) is 0. The van der Waals surface area contributed by atoms with Gasteiger partial charge < -0.3 is 0 Å². The van der Waals surface area contributed by atoms with E-state index in [9.17, 15) is 0 Å². The van der Waals surface area contributed by atoms with Crippen molar-refractivity contribution in [2.75, 3.05) is 0 Å². The van der Waals surface area contributed by atoms with E-state index in [0.29, 0.717) is 0 Å². The molecule has 0 aliphatic heterocycles. The molecule has 0 fully saturated rings. The van der Waals surface area contributed by atoms with Gasteiger partial charge in [0, 0.05) is 0 Å². The third-order valence-electron chi connectivity index (χ3n) is 8.26. The van der Waals surface area contributed by atoms with Gasteiger partial charge in [-0.3, -0.25) is 0 Å². The normalized spacial score (nSPS) is 12.6. The van der Waals surface area contributed by atoms with E-state index in [1.807, 2.05) is 0 Å². The largest absolute Gasteiger partial charge is 0.0885 e. The minimum absolute atomic E-state index is 0.961. The Morgan fingerprint density at radius 1 is 0.333 bits per heavy atom. The van der Waals surface area contributed by atoms with E-state index in [-0.39, 0.29) is 0 Å². The summed E-state index contributed by atoms with van der Waals surface area (Å²) in [6.07, 6.45) is 48.3. The lowest BCUT2D eigenvalue weighted by Gasteiger charge is -2.11. The molecule has 0 spiro atoms. The molecule has 0 aromatic carbocycles. The van der Waals surface area contributed by atoms with Crippen LogP contribution in [0.15, 0.2) is 12.2 Å². The Morgan fingerprint density at radius 3 is 0.889 bits per heavy atom. The molecule has 36 heavy (non-hydrogen) atoms. The van der Waals surface area contributed by atoms with Gasteiger partial charge in [-0.1, -0.05) is 200 Å². The average molecular weight is 505 g/mol. The predicted molar refractivity (Wildman–Crippen MR) is 168 cm³/mol. The topological polar surface area (TPSA) is 0 Å². The highest BCUT2D eigenvalue weighted by Crippen LogP contribution is 2.19. The Bertz CT molecular complexity index is 395. The molecule has 0 amide bonds. The molecule has 0 radical (unpaired) electrons. The van der Waals surface area contributed by atoms with Crippen LogP contribution in [-0.2, 0) is 0 Å². The lowest BCUT2D eigenvalue weighted by molar-refractivity contribution is 0.430. The standard InChI is InChI=1S/C36H72/c1-4-6-8-10-12-14-16-18-19-20-21-22-23-25-27-29-31-33-35-36(3)34-32-30-28-26-24-17-15-13-11-9-7-5-2/h16,18,36H,4-15,17,19-35H2,1-3H3/b18-16-. The second-order valence-corrected chi connectivity index (χ2v) is 12.2. The van der Waals surface area contributed by atoms with Crippen LogP contribution >= 0.6 is 0 Å². The Morgan fingerprint density at radius 2 is 0.583 bits per heavy atom. The van der Waals surface area contributed by atoms with Crippen molar-refractivity contribution in [1.29, 1.82) is 0 Å². The lowest BCUT2D eigenvalue weighted by atomic mass is 9.95. The summed E-state index contributed by atoms with van der Waals surface area (Å²) in [5.74, 6) is 0.961. The number of allylic oxidation sites excluding steroid dienone is 2. The molecule has 0 aromatic heterocycles. The fourth-order valence-corrected chi connectivity index (χ4v) is 5.57. The third-order valence-corrected chi connectivity index (χ3v) is 8.26. The Kier molecular flexibility index (Phi) is 32.5. The van der Waals surface area contributed by atoms with Crippen LogP contribution in [0.4, 0.5) is 0 Å². The van der Waals surface area contributed by atoms with Crippen molar-refractivity contribution >= 4 is 0 Å². The van der Waals surface area contributed by atoms with Gasteiger partial charge in [0.05, 0.1) is 0 Å². The van der Waals surface area contributed by atoms with Gasteiger partial charge in [0.25, 0.3) is 0 Å². The van der Waals surface area contributed by atoms with Crippen LogP contribution in [0, 0.1) is 5.92 Å². The molecule has 0 rings (SSSR count). The molecule has 0 bridgehead atoms. The van der Waals surface area contributed by atoms with Crippen molar-refractivity contribution < 1.29 is 0 Å². The van der Waals surface area contributed by atoms with Crippen LogP contribution in [0.5, 0.6) is 0 Å². The summed E-state index contributed by atoms with van der Waals surface area (Å²) in [5.41, 5.74) is 0. The first-order valence-electron chi connectivity index (χ1n) is 17.5. The third kappa shape index (κ3) is 31.8. The quantitative estimate of drug-likeness (QED) is 0.0650. The smallest absolute Gasteiger partial charge is 0.0351 e. The predicted octanol–water partition coefficient (Wildman–Crippen LogP) is 13.9. The summed E-state index contributed by atoms with van der Waals surface area (Å²) in [6, 6.07) is 0. The second kappa shape index (κ2) is 32.8. The molecule has 1 atom stereocenters. The van der Waals surface area contributed by atoms with Crippen molar-refractivity contribution in [3.63, 3.8) is 0 Å². The highest BCUT2D eigenvalue weighted by molar-refractivity contribution is 4.81. The van der Waals surface area contributed by atoms with E-state index >= 15 is 0 Å². The molecular formula is C36H72. The maximum Gasteiger partial charge on any atom is -0.0351 e. The fraction of sp³-hybridized carbons (Fsp3) is 0.944. The van der Waals surface area contributed by atoms with Gasteiger partial charge in [-0.05, 0) is 31.6 Å². The van der Waals surface area contributed by atoms with Crippen molar-refractivity contribution in [3.05, 3.63) is 12.2 Å². The fourth-order valence-electron chi connectivity index (χ4n) is 5.57. The maximum atomic E-state index is 2.50. The Balaban J connectivity index is 3.17. The van der Waals surface area contributed by atoms with Crippen molar-refractivity contribution in [3.8, 4) is 0 Å². The van der Waals surface area contributed by atoms with Gasteiger partial charge in [0.15, 0.2) is 0 Å². The molecule has 0 heteroatoms. The van der Waals surface area contributed by atoms with E-state index in [2.05, 4.69) is 32.9 Å². The van der Waals surface area contributed by atoms with Crippen molar-refractivity contribution in [2.24, 2.45) is 5.92 Å². The van der Waals surface area contributed by atoms with Gasteiger partial charge in [-0.2, -0.15) is 0 Å². The number of hydrogen-bond donors (Lipinski definition) is 0. The monoisotopic (exact) mass is 505 g/mol. The summed E-state index contributed by atoms with van der Waals surface area (Å²) >= 11 is 0. The van der Waals surface area contributed by atoms with Crippen LogP contribution < -0.4 is 0 Å². The van der Waals surface area contributed by atoms with Crippen LogP contribution in [0.2, 0.25) is 0 Å². The molecule has 0 aliphatic rings. The van der Waals surface area contributed by atoms with Gasteiger partial charge in [-0.15, -0.1) is 0 Å². The van der Waals surface area contributed by atoms with Gasteiger partial charge in [-0.25, -0.2) is 0 Å². The maximum absolute atomic E-state index is 2.50. The SMILES string of the molecule is CCCCCCC/C=C\CCCCCCCCCCCC(C)CCCCCCCCCCCCCC. The van der Waals surface area contributed by atoms with E-state index in [0.717, 1.165) is 5.92 Å². The molecule has 0 N–H and O–H groups in total. The Hall–Kier alpha value is -0.260. The van der Waals surface area contributed by atoms with Crippen LogP contribution in [0.3, 0.4) is 0 Å². The van der Waals surface area contributed by atoms with E-state index in [1.165, 1.54) is 193 Å². The molecule has 0 aromatic rings. The molecule has 0 saturated carbocycles. The second-order valence-electron chi connectivity index (χ2n) is 12.2. The first-order chi connectivity index (χ1) is 17.8. The highest BCUT2D eigenvalue weighted by atomic mass is 14.1. The average Bonchev–Trinajstić information content (AvgIpc) is 2.88. The minimum Gasteiger partial charge on any atom is -0.0885 e. The molecule has 1 unspecified atom stereocenters. The molecular weight excluding hydrogens is 432 g/mol.